The molecule has 1 saturated heterocycles. The van der Waals surface area contributed by atoms with Crippen molar-refractivity contribution < 1.29 is 4.39 Å². The summed E-state index contributed by atoms with van der Waals surface area (Å²) in [5, 5.41) is 0. The molecule has 0 unspecified atom stereocenters. The molecule has 44 valence electrons. The lowest BCUT2D eigenvalue weighted by Crippen LogP contribution is -2.48. The number of rotatable bonds is 1. The summed E-state index contributed by atoms with van der Waals surface area (Å²) in [6.07, 6.45) is 4.35. The second kappa shape index (κ2) is 2.15. The Morgan fingerprint density at radius 1 is 1.75 bits per heavy atom. The minimum Gasteiger partial charge on any atom is -0.286 e. The summed E-state index contributed by atoms with van der Waals surface area (Å²) in [6, 6.07) is 0. The molecule has 2 heteroatoms. The smallest absolute Gasteiger partial charge is 0.125 e. The van der Waals surface area contributed by atoms with E-state index in [9.17, 15) is 4.39 Å². The van der Waals surface area contributed by atoms with Crippen molar-refractivity contribution in [3.63, 3.8) is 0 Å². The van der Waals surface area contributed by atoms with Crippen molar-refractivity contribution in [2.75, 3.05) is 19.6 Å². The van der Waals surface area contributed by atoms with Gasteiger partial charge in [-0.2, -0.15) is 0 Å². The lowest BCUT2D eigenvalue weighted by atomic mass is 10.2. The van der Waals surface area contributed by atoms with Crippen LogP contribution in [0.2, 0.25) is 0 Å². The molecule has 0 bridgehead atoms. The van der Waals surface area contributed by atoms with Gasteiger partial charge in [0.15, 0.2) is 0 Å². The quantitative estimate of drug-likeness (QED) is 0.441. The number of halogens is 1. The molecule has 1 rings (SSSR count). The van der Waals surface area contributed by atoms with Crippen LogP contribution in [0.1, 0.15) is 0 Å². The average Bonchev–Trinajstić information content (AvgIpc) is 1.64. The molecular formula is C6H8FN. The van der Waals surface area contributed by atoms with Crippen LogP contribution in [-0.2, 0) is 0 Å². The van der Waals surface area contributed by atoms with Gasteiger partial charge in [-0.15, -0.1) is 6.42 Å². The summed E-state index contributed by atoms with van der Waals surface area (Å²) in [7, 11) is 0. The van der Waals surface area contributed by atoms with Crippen LogP contribution >= 0.6 is 0 Å². The van der Waals surface area contributed by atoms with Gasteiger partial charge in [0.05, 0.1) is 6.54 Å². The van der Waals surface area contributed by atoms with Gasteiger partial charge in [0, 0.05) is 13.1 Å². The van der Waals surface area contributed by atoms with Crippen LogP contribution in [0.5, 0.6) is 0 Å². The highest BCUT2D eigenvalue weighted by Crippen LogP contribution is 2.08. The molecule has 0 N–H and O–H groups in total. The van der Waals surface area contributed by atoms with Crippen molar-refractivity contribution >= 4 is 0 Å². The number of nitrogens with zero attached hydrogens (tertiary/aromatic N) is 1. The average molecular weight is 113 g/mol. The predicted molar refractivity (Wildman–Crippen MR) is 30.2 cm³/mol. The van der Waals surface area contributed by atoms with Gasteiger partial charge in [0.1, 0.15) is 6.17 Å². The molecule has 1 fully saturated rings. The van der Waals surface area contributed by atoms with Gasteiger partial charge < -0.3 is 0 Å². The highest BCUT2D eigenvalue weighted by atomic mass is 19.1. The molecule has 0 aromatic carbocycles. The highest BCUT2D eigenvalue weighted by Gasteiger charge is 2.24. The lowest BCUT2D eigenvalue weighted by molar-refractivity contribution is 0.0791. The van der Waals surface area contributed by atoms with Crippen molar-refractivity contribution in [1.82, 2.24) is 4.90 Å². The second-order valence-electron chi connectivity index (χ2n) is 2.00. The van der Waals surface area contributed by atoms with Crippen LogP contribution in [-0.4, -0.2) is 30.7 Å². The minimum absolute atomic E-state index is 0.532. The number of hydrogen-bond donors (Lipinski definition) is 0. The van der Waals surface area contributed by atoms with E-state index in [1.165, 1.54) is 0 Å². The first-order chi connectivity index (χ1) is 3.83. The van der Waals surface area contributed by atoms with Gasteiger partial charge in [0.2, 0.25) is 0 Å². The van der Waals surface area contributed by atoms with E-state index in [1.54, 1.807) is 0 Å². The first kappa shape index (κ1) is 5.58. The first-order valence-corrected chi connectivity index (χ1v) is 2.63. The summed E-state index contributed by atoms with van der Waals surface area (Å²) >= 11 is 0. The number of terminal acetylenes is 1. The van der Waals surface area contributed by atoms with E-state index in [1.807, 2.05) is 4.90 Å². The van der Waals surface area contributed by atoms with Gasteiger partial charge in [-0.3, -0.25) is 4.90 Å². The zero-order valence-corrected chi connectivity index (χ0v) is 4.60. The SMILES string of the molecule is C#CCN1CC(F)C1. The molecule has 0 atom stereocenters. The van der Waals surface area contributed by atoms with E-state index >= 15 is 0 Å². The Balaban J connectivity index is 2.09. The Bertz CT molecular complexity index is 110. The van der Waals surface area contributed by atoms with Crippen LogP contribution in [0.3, 0.4) is 0 Å². The summed E-state index contributed by atoms with van der Waals surface area (Å²) in [4.78, 5) is 1.89. The lowest BCUT2D eigenvalue weighted by Gasteiger charge is -2.32. The van der Waals surface area contributed by atoms with E-state index in [2.05, 4.69) is 5.92 Å². The minimum atomic E-state index is -0.622. The maximum atomic E-state index is 12.0. The molecule has 1 aliphatic rings. The van der Waals surface area contributed by atoms with Crippen molar-refractivity contribution in [1.29, 1.82) is 0 Å². The molecule has 1 nitrogen and oxygen atoms in total. The van der Waals surface area contributed by atoms with Gasteiger partial charge in [0.25, 0.3) is 0 Å². The van der Waals surface area contributed by atoms with Crippen LogP contribution in [0.4, 0.5) is 4.39 Å². The molecule has 1 aliphatic heterocycles. The Hall–Kier alpha value is -0.550. The van der Waals surface area contributed by atoms with E-state index in [0.717, 1.165) is 0 Å². The standard InChI is InChI=1S/C6H8FN/c1-2-3-8-4-6(7)5-8/h1,6H,3-5H2. The Morgan fingerprint density at radius 3 is 2.75 bits per heavy atom. The molecule has 0 radical (unpaired) electrons. The first-order valence-electron chi connectivity index (χ1n) is 2.63. The van der Waals surface area contributed by atoms with Gasteiger partial charge in [-0.05, 0) is 0 Å². The number of likely N-dealkylation sites (tertiary alicyclic amines) is 1. The Kier molecular flexibility index (Phi) is 1.50. The summed E-state index contributed by atoms with van der Waals surface area (Å²) in [6.45, 7) is 1.66. The second-order valence-corrected chi connectivity index (χ2v) is 2.00. The number of hydrogen-bond acceptors (Lipinski definition) is 1. The third kappa shape index (κ3) is 0.988. The van der Waals surface area contributed by atoms with E-state index in [4.69, 9.17) is 6.42 Å². The Morgan fingerprint density at radius 2 is 2.38 bits per heavy atom. The monoisotopic (exact) mass is 113 g/mol. The van der Waals surface area contributed by atoms with E-state index in [0.29, 0.717) is 19.6 Å². The fraction of sp³-hybridized carbons (Fsp3) is 0.667. The van der Waals surface area contributed by atoms with Crippen molar-refractivity contribution in [2.24, 2.45) is 0 Å². The number of alkyl halides is 1. The molecule has 0 spiro atoms. The molecule has 1 heterocycles. The fourth-order valence-electron chi connectivity index (χ4n) is 0.765. The fourth-order valence-corrected chi connectivity index (χ4v) is 0.765. The maximum absolute atomic E-state index is 12.0. The Labute approximate surface area is 48.5 Å². The molecule has 0 saturated carbocycles. The molecule has 8 heavy (non-hydrogen) atoms. The van der Waals surface area contributed by atoms with Crippen LogP contribution in [0.25, 0.3) is 0 Å². The molecular weight excluding hydrogens is 105 g/mol. The van der Waals surface area contributed by atoms with Crippen molar-refractivity contribution in [3.05, 3.63) is 0 Å². The predicted octanol–water partition coefficient (Wildman–Crippen LogP) is 0.273. The van der Waals surface area contributed by atoms with Crippen LogP contribution in [0, 0.1) is 12.3 Å². The van der Waals surface area contributed by atoms with Crippen molar-refractivity contribution in [2.45, 2.75) is 6.17 Å². The van der Waals surface area contributed by atoms with Gasteiger partial charge >= 0.3 is 0 Å². The molecule has 0 amide bonds. The topological polar surface area (TPSA) is 3.24 Å². The van der Waals surface area contributed by atoms with E-state index < -0.39 is 6.17 Å². The zero-order chi connectivity index (χ0) is 5.98. The molecule has 0 aromatic rings. The molecule has 0 aliphatic carbocycles. The zero-order valence-electron chi connectivity index (χ0n) is 4.60. The largest absolute Gasteiger partial charge is 0.286 e. The summed E-state index contributed by atoms with van der Waals surface area (Å²) in [5.74, 6) is 2.45. The van der Waals surface area contributed by atoms with Crippen LogP contribution in [0.15, 0.2) is 0 Å². The normalized spacial score (nSPS) is 22.0. The highest BCUT2D eigenvalue weighted by molar-refractivity contribution is 4.93. The maximum Gasteiger partial charge on any atom is 0.125 e. The van der Waals surface area contributed by atoms with Crippen LogP contribution < -0.4 is 0 Å². The van der Waals surface area contributed by atoms with Gasteiger partial charge in [-0.1, -0.05) is 5.92 Å². The van der Waals surface area contributed by atoms with E-state index in [-0.39, 0.29) is 0 Å². The summed E-state index contributed by atoms with van der Waals surface area (Å²) in [5.41, 5.74) is 0. The van der Waals surface area contributed by atoms with Crippen molar-refractivity contribution in [3.8, 4) is 12.3 Å². The molecule has 0 aromatic heterocycles. The van der Waals surface area contributed by atoms with Gasteiger partial charge in [-0.25, -0.2) is 4.39 Å². The third-order valence-corrected chi connectivity index (χ3v) is 1.23. The summed E-state index contributed by atoms with van der Waals surface area (Å²) < 4.78 is 12.0. The third-order valence-electron chi connectivity index (χ3n) is 1.23.